The quantitative estimate of drug-likeness (QED) is 0.875. The summed E-state index contributed by atoms with van der Waals surface area (Å²) in [5.41, 5.74) is 2.03. The Morgan fingerprint density at radius 3 is 2.38 bits per heavy atom. The van der Waals surface area contributed by atoms with Gasteiger partial charge in [0.15, 0.2) is 6.61 Å². The fourth-order valence-electron chi connectivity index (χ4n) is 2.09. The summed E-state index contributed by atoms with van der Waals surface area (Å²) in [4.78, 5) is 22.7. The summed E-state index contributed by atoms with van der Waals surface area (Å²) in [6.45, 7) is 3.56. The van der Waals surface area contributed by atoms with E-state index in [4.69, 9.17) is 9.47 Å². The second kappa shape index (κ2) is 7.63. The van der Waals surface area contributed by atoms with Crippen molar-refractivity contribution in [1.29, 1.82) is 0 Å². The molecule has 0 saturated carbocycles. The van der Waals surface area contributed by atoms with Crippen LogP contribution in [0.1, 0.15) is 11.4 Å². The molecule has 0 aliphatic carbocycles. The highest BCUT2D eigenvalue weighted by molar-refractivity contribution is 5.93. The molecule has 7 nitrogen and oxygen atoms in total. The van der Waals surface area contributed by atoms with Crippen LogP contribution >= 0.6 is 0 Å². The summed E-state index contributed by atoms with van der Waals surface area (Å²) in [6, 6.07) is 7.09. The molecular weight excluding hydrogens is 308 g/mol. The van der Waals surface area contributed by atoms with E-state index in [1.54, 1.807) is 25.3 Å². The van der Waals surface area contributed by atoms with E-state index in [-0.39, 0.29) is 12.5 Å². The van der Waals surface area contributed by atoms with Crippen molar-refractivity contribution < 1.29 is 14.3 Å². The van der Waals surface area contributed by atoms with Gasteiger partial charge < -0.3 is 19.7 Å². The van der Waals surface area contributed by atoms with Crippen molar-refractivity contribution in [3.8, 4) is 11.5 Å². The van der Waals surface area contributed by atoms with Crippen LogP contribution in [0, 0.1) is 13.8 Å². The van der Waals surface area contributed by atoms with E-state index in [9.17, 15) is 4.79 Å². The van der Waals surface area contributed by atoms with E-state index >= 15 is 0 Å². The van der Waals surface area contributed by atoms with Crippen LogP contribution < -0.4 is 19.7 Å². The smallest absolute Gasteiger partial charge is 0.262 e. The van der Waals surface area contributed by atoms with E-state index in [1.807, 2.05) is 38.9 Å². The lowest BCUT2D eigenvalue weighted by Crippen LogP contribution is -2.23. The van der Waals surface area contributed by atoms with Crippen molar-refractivity contribution in [2.45, 2.75) is 13.8 Å². The third kappa shape index (κ3) is 4.34. The molecule has 1 heterocycles. The number of amides is 1. The molecule has 128 valence electrons. The molecule has 1 amide bonds. The van der Waals surface area contributed by atoms with Crippen LogP contribution in [0.15, 0.2) is 24.3 Å². The van der Waals surface area contributed by atoms with Crippen molar-refractivity contribution in [1.82, 2.24) is 9.97 Å². The van der Waals surface area contributed by atoms with Gasteiger partial charge in [-0.3, -0.25) is 4.79 Å². The number of aromatic nitrogens is 2. The maximum Gasteiger partial charge on any atom is 0.262 e. The highest BCUT2D eigenvalue weighted by Crippen LogP contribution is 2.21. The minimum atomic E-state index is -0.273. The van der Waals surface area contributed by atoms with Crippen molar-refractivity contribution in [3.05, 3.63) is 35.7 Å². The molecule has 7 heteroatoms. The molecule has 2 aromatic rings. The third-order valence-corrected chi connectivity index (χ3v) is 3.33. The highest BCUT2D eigenvalue weighted by Gasteiger charge is 2.13. The molecular formula is C17H22N4O3. The summed E-state index contributed by atoms with van der Waals surface area (Å²) in [5, 5.41) is 2.80. The van der Waals surface area contributed by atoms with Gasteiger partial charge in [-0.2, -0.15) is 0 Å². The Kier molecular flexibility index (Phi) is 5.57. The second-order valence-corrected chi connectivity index (χ2v) is 5.48. The van der Waals surface area contributed by atoms with Crippen LogP contribution in [0.5, 0.6) is 11.5 Å². The Morgan fingerprint density at radius 1 is 1.17 bits per heavy atom. The van der Waals surface area contributed by atoms with Crippen LogP contribution in [0.25, 0.3) is 0 Å². The van der Waals surface area contributed by atoms with Gasteiger partial charge in [-0.1, -0.05) is 6.07 Å². The molecule has 0 atom stereocenters. The van der Waals surface area contributed by atoms with Crippen LogP contribution in [-0.2, 0) is 4.79 Å². The monoisotopic (exact) mass is 330 g/mol. The Morgan fingerprint density at radius 2 is 1.79 bits per heavy atom. The first-order valence-electron chi connectivity index (χ1n) is 7.50. The Bertz CT molecular complexity index is 709. The van der Waals surface area contributed by atoms with Crippen molar-refractivity contribution in [3.63, 3.8) is 0 Å². The average Bonchev–Trinajstić information content (AvgIpc) is 2.56. The first-order chi connectivity index (χ1) is 11.4. The number of hydrogen-bond donors (Lipinski definition) is 1. The number of nitrogens with one attached hydrogen (secondary N) is 1. The molecule has 0 unspecified atom stereocenters. The molecule has 0 radical (unpaired) electrons. The minimum Gasteiger partial charge on any atom is -0.497 e. The van der Waals surface area contributed by atoms with Gasteiger partial charge >= 0.3 is 0 Å². The third-order valence-electron chi connectivity index (χ3n) is 3.33. The first-order valence-corrected chi connectivity index (χ1v) is 7.50. The number of carbonyl (C=O) groups is 1. The van der Waals surface area contributed by atoms with Gasteiger partial charge in [-0.15, -0.1) is 0 Å². The number of hydrogen-bond acceptors (Lipinski definition) is 6. The fourth-order valence-corrected chi connectivity index (χ4v) is 2.09. The molecule has 0 aliphatic rings. The molecule has 0 spiro atoms. The van der Waals surface area contributed by atoms with Gasteiger partial charge in [0.2, 0.25) is 5.95 Å². The van der Waals surface area contributed by atoms with Crippen LogP contribution in [0.3, 0.4) is 0 Å². The molecule has 1 aromatic heterocycles. The van der Waals surface area contributed by atoms with E-state index in [2.05, 4.69) is 15.3 Å². The molecule has 1 aromatic carbocycles. The normalized spacial score (nSPS) is 10.2. The second-order valence-electron chi connectivity index (χ2n) is 5.48. The SMILES string of the molecule is COc1cccc(OCC(=O)Nc2c(C)nc(N(C)C)nc2C)c1. The summed E-state index contributed by atoms with van der Waals surface area (Å²) in [7, 11) is 5.32. The zero-order valence-corrected chi connectivity index (χ0v) is 14.6. The maximum atomic E-state index is 12.1. The topological polar surface area (TPSA) is 76.6 Å². The number of anilines is 2. The number of nitrogens with zero attached hydrogens (tertiary/aromatic N) is 3. The van der Waals surface area contributed by atoms with Gasteiger partial charge in [0.1, 0.15) is 11.5 Å². The standard InChI is InChI=1S/C17H22N4O3/c1-11-16(12(2)19-17(18-11)21(3)4)20-15(22)10-24-14-8-6-7-13(9-14)23-5/h6-9H,10H2,1-5H3,(H,20,22). The largest absolute Gasteiger partial charge is 0.497 e. The van der Waals surface area contributed by atoms with Crippen LogP contribution in [0.4, 0.5) is 11.6 Å². The Hall–Kier alpha value is -2.83. The van der Waals surface area contributed by atoms with Crippen LogP contribution in [-0.4, -0.2) is 43.7 Å². The maximum absolute atomic E-state index is 12.1. The summed E-state index contributed by atoms with van der Waals surface area (Å²) >= 11 is 0. The van der Waals surface area contributed by atoms with Gasteiger partial charge in [0.05, 0.1) is 24.2 Å². The summed E-state index contributed by atoms with van der Waals surface area (Å²) in [5.74, 6) is 1.57. The number of benzene rings is 1. The van der Waals surface area contributed by atoms with Crippen LogP contribution in [0.2, 0.25) is 0 Å². The van der Waals surface area contributed by atoms with Gasteiger partial charge in [0.25, 0.3) is 5.91 Å². The average molecular weight is 330 g/mol. The van der Waals surface area contributed by atoms with E-state index in [1.165, 1.54) is 0 Å². The zero-order valence-electron chi connectivity index (χ0n) is 14.6. The van der Waals surface area contributed by atoms with E-state index < -0.39 is 0 Å². The van der Waals surface area contributed by atoms with Crippen molar-refractivity contribution in [2.75, 3.05) is 38.0 Å². The number of rotatable bonds is 6. The minimum absolute atomic E-state index is 0.110. The zero-order chi connectivity index (χ0) is 17.7. The molecule has 0 fully saturated rings. The van der Waals surface area contributed by atoms with Gasteiger partial charge in [-0.25, -0.2) is 9.97 Å². The van der Waals surface area contributed by atoms with Gasteiger partial charge in [0, 0.05) is 20.2 Å². The van der Waals surface area contributed by atoms with E-state index in [0.717, 1.165) is 0 Å². The molecule has 0 saturated heterocycles. The van der Waals surface area contributed by atoms with Crippen molar-refractivity contribution in [2.24, 2.45) is 0 Å². The number of carbonyl (C=O) groups excluding carboxylic acids is 1. The molecule has 1 N–H and O–H groups in total. The lowest BCUT2D eigenvalue weighted by atomic mass is 10.3. The number of methoxy groups -OCH3 is 1. The summed E-state index contributed by atoms with van der Waals surface area (Å²) < 4.78 is 10.6. The van der Waals surface area contributed by atoms with Crippen molar-refractivity contribution >= 4 is 17.5 Å². The van der Waals surface area contributed by atoms with E-state index in [0.29, 0.717) is 34.5 Å². The molecule has 2 rings (SSSR count). The molecule has 0 aliphatic heterocycles. The molecule has 0 bridgehead atoms. The summed E-state index contributed by atoms with van der Waals surface area (Å²) in [6.07, 6.45) is 0. The lowest BCUT2D eigenvalue weighted by molar-refractivity contribution is -0.118. The first kappa shape index (κ1) is 17.5. The predicted octanol–water partition coefficient (Wildman–Crippen LogP) is 2.19. The highest BCUT2D eigenvalue weighted by atomic mass is 16.5. The number of ether oxygens (including phenoxy) is 2. The number of aryl methyl sites for hydroxylation is 2. The molecule has 24 heavy (non-hydrogen) atoms. The fraction of sp³-hybridized carbons (Fsp3) is 0.353. The van der Waals surface area contributed by atoms with Gasteiger partial charge in [-0.05, 0) is 26.0 Å². The predicted molar refractivity (Wildman–Crippen MR) is 93.0 cm³/mol. The Labute approximate surface area is 141 Å². The lowest BCUT2D eigenvalue weighted by Gasteiger charge is -2.16. The Balaban J connectivity index is 2.02.